The monoisotopic (exact) mass is 556 g/mol. The molecule has 4 aliphatic rings. The fourth-order valence-electron chi connectivity index (χ4n) is 8.22. The lowest BCUT2D eigenvalue weighted by Gasteiger charge is -2.57. The molecule has 218 valence electrons. The predicted molar refractivity (Wildman–Crippen MR) is 162 cm³/mol. The van der Waals surface area contributed by atoms with E-state index in [0.717, 1.165) is 53.8 Å². The molecule has 3 aromatic rings. The number of benzene rings is 2. The second kappa shape index (κ2) is 11.4. The maximum atomic E-state index is 14.0. The highest BCUT2D eigenvalue weighted by Crippen LogP contribution is 2.55. The highest BCUT2D eigenvalue weighted by atomic mass is 16.5. The number of amides is 3. The molecule has 2 N–H and O–H groups in total. The number of para-hydroxylation sites is 2. The number of H-pyrrole nitrogens is 1. The molecule has 4 saturated carbocycles. The second-order valence-electron chi connectivity index (χ2n) is 13.1. The van der Waals surface area contributed by atoms with Crippen molar-refractivity contribution in [2.75, 3.05) is 20.2 Å². The van der Waals surface area contributed by atoms with Crippen LogP contribution in [0.25, 0.3) is 10.9 Å². The molecule has 7 rings (SSSR count). The largest absolute Gasteiger partial charge is 0.496 e. The Labute approximate surface area is 243 Å². The minimum absolute atomic E-state index is 0.0508. The van der Waals surface area contributed by atoms with Gasteiger partial charge in [0, 0.05) is 47.3 Å². The number of hydrogen-bond acceptors (Lipinski definition) is 3. The summed E-state index contributed by atoms with van der Waals surface area (Å²) in [6.45, 7) is 5.03. The van der Waals surface area contributed by atoms with Crippen LogP contribution in [0.5, 0.6) is 5.75 Å². The zero-order valence-electron chi connectivity index (χ0n) is 24.7. The molecule has 1 heterocycles. The Bertz CT molecular complexity index is 1360. The number of methoxy groups -OCH3 is 1. The number of carbonyl (C=O) groups excluding carboxylic acids is 2. The van der Waals surface area contributed by atoms with Gasteiger partial charge < -0.3 is 24.8 Å². The molecule has 0 atom stereocenters. The first-order valence-electron chi connectivity index (χ1n) is 15.4. The van der Waals surface area contributed by atoms with E-state index in [1.54, 1.807) is 12.0 Å². The summed E-state index contributed by atoms with van der Waals surface area (Å²) in [6.07, 6.45) is 10.0. The van der Waals surface area contributed by atoms with Crippen LogP contribution in [0.4, 0.5) is 4.79 Å². The quantitative estimate of drug-likeness (QED) is 0.315. The molecule has 4 bridgehead atoms. The van der Waals surface area contributed by atoms with Crippen LogP contribution in [0, 0.1) is 17.8 Å². The second-order valence-corrected chi connectivity index (χ2v) is 13.1. The number of nitrogens with one attached hydrogen (secondary N) is 2. The smallest absolute Gasteiger partial charge is 0.318 e. The first-order chi connectivity index (χ1) is 19.8. The number of nitrogens with zero attached hydrogens (tertiary/aromatic N) is 2. The number of aromatic nitrogens is 1. The van der Waals surface area contributed by atoms with E-state index in [1.807, 2.05) is 61.3 Å². The van der Waals surface area contributed by atoms with E-state index < -0.39 is 0 Å². The van der Waals surface area contributed by atoms with Crippen LogP contribution in [0.1, 0.15) is 63.5 Å². The van der Waals surface area contributed by atoms with Gasteiger partial charge in [-0.05, 0) is 94.2 Å². The van der Waals surface area contributed by atoms with E-state index in [9.17, 15) is 9.59 Å². The van der Waals surface area contributed by atoms with Gasteiger partial charge in [0.05, 0.1) is 7.11 Å². The number of rotatable bonds is 10. The number of fused-ring (bicyclic) bond motifs is 1. The Kier molecular flexibility index (Phi) is 7.71. The topological polar surface area (TPSA) is 77.7 Å². The van der Waals surface area contributed by atoms with Crippen LogP contribution in [-0.2, 0) is 17.8 Å². The summed E-state index contributed by atoms with van der Waals surface area (Å²) in [6, 6.07) is 15.9. The van der Waals surface area contributed by atoms with Gasteiger partial charge in [-0.3, -0.25) is 4.79 Å². The van der Waals surface area contributed by atoms with Gasteiger partial charge in [0.25, 0.3) is 0 Å². The molecule has 7 nitrogen and oxygen atoms in total. The lowest BCUT2D eigenvalue weighted by molar-refractivity contribution is -0.132. The van der Waals surface area contributed by atoms with Gasteiger partial charge in [0.1, 0.15) is 12.3 Å². The zero-order chi connectivity index (χ0) is 28.6. The van der Waals surface area contributed by atoms with Crippen LogP contribution >= 0.6 is 0 Å². The van der Waals surface area contributed by atoms with E-state index in [2.05, 4.69) is 22.4 Å². The molecule has 3 amide bonds. The van der Waals surface area contributed by atoms with E-state index >= 15 is 0 Å². The van der Waals surface area contributed by atoms with Crippen LogP contribution in [-0.4, -0.2) is 58.5 Å². The molecule has 41 heavy (non-hydrogen) atoms. The number of carbonyl (C=O) groups is 2. The Morgan fingerprint density at radius 1 is 0.976 bits per heavy atom. The highest BCUT2D eigenvalue weighted by molar-refractivity contribution is 5.85. The first kappa shape index (κ1) is 27.7. The third-order valence-electron chi connectivity index (χ3n) is 9.83. The fourth-order valence-corrected chi connectivity index (χ4v) is 8.22. The van der Waals surface area contributed by atoms with E-state index in [4.69, 9.17) is 4.74 Å². The Morgan fingerprint density at radius 2 is 1.63 bits per heavy atom. The van der Waals surface area contributed by atoms with Gasteiger partial charge >= 0.3 is 6.03 Å². The minimum atomic E-state index is -0.0934. The van der Waals surface area contributed by atoms with E-state index in [-0.39, 0.29) is 30.1 Å². The molecule has 0 saturated heterocycles. The van der Waals surface area contributed by atoms with Gasteiger partial charge in [-0.15, -0.1) is 0 Å². The number of urea groups is 1. The van der Waals surface area contributed by atoms with Crippen LogP contribution in [0.15, 0.2) is 54.7 Å². The van der Waals surface area contributed by atoms with Gasteiger partial charge in [-0.2, -0.15) is 0 Å². The van der Waals surface area contributed by atoms with Crippen LogP contribution in [0.3, 0.4) is 0 Å². The molecule has 0 spiro atoms. The Morgan fingerprint density at radius 3 is 2.32 bits per heavy atom. The van der Waals surface area contributed by atoms with Gasteiger partial charge in [-0.1, -0.05) is 36.4 Å². The first-order valence-corrected chi connectivity index (χ1v) is 15.4. The predicted octanol–water partition coefficient (Wildman–Crippen LogP) is 6.14. The van der Waals surface area contributed by atoms with Crippen molar-refractivity contribution < 1.29 is 14.3 Å². The zero-order valence-corrected chi connectivity index (χ0v) is 24.7. The number of aromatic amines is 1. The summed E-state index contributed by atoms with van der Waals surface area (Å²) < 4.78 is 5.61. The Hall–Kier alpha value is -3.48. The van der Waals surface area contributed by atoms with Crippen LogP contribution in [0.2, 0.25) is 0 Å². The van der Waals surface area contributed by atoms with Crippen molar-refractivity contribution in [2.24, 2.45) is 17.8 Å². The van der Waals surface area contributed by atoms with Crippen molar-refractivity contribution in [1.82, 2.24) is 20.1 Å². The van der Waals surface area contributed by atoms with Crippen molar-refractivity contribution >= 4 is 22.8 Å². The molecule has 4 fully saturated rings. The maximum absolute atomic E-state index is 14.0. The molecular weight excluding hydrogens is 512 g/mol. The van der Waals surface area contributed by atoms with Crippen molar-refractivity contribution in [2.45, 2.75) is 76.9 Å². The average molecular weight is 557 g/mol. The van der Waals surface area contributed by atoms with Crippen molar-refractivity contribution in [1.29, 1.82) is 0 Å². The Balaban J connectivity index is 1.19. The van der Waals surface area contributed by atoms with Gasteiger partial charge in [-0.25, -0.2) is 4.79 Å². The molecule has 2 aromatic carbocycles. The lowest BCUT2D eigenvalue weighted by Crippen LogP contribution is -2.63. The molecule has 7 heteroatoms. The third-order valence-corrected chi connectivity index (χ3v) is 9.83. The molecular formula is C34H44N4O3. The molecule has 0 aliphatic heterocycles. The van der Waals surface area contributed by atoms with Crippen molar-refractivity contribution in [3.63, 3.8) is 0 Å². The maximum Gasteiger partial charge on any atom is 0.318 e. The molecule has 0 unspecified atom stereocenters. The number of ether oxygens (including phenoxy) is 1. The average Bonchev–Trinajstić information content (AvgIpc) is 3.35. The summed E-state index contributed by atoms with van der Waals surface area (Å²) in [5.41, 5.74) is 3.14. The minimum Gasteiger partial charge on any atom is -0.496 e. The summed E-state index contributed by atoms with van der Waals surface area (Å²) in [7, 11) is 1.66. The normalized spacial score (nSPS) is 24.5. The summed E-state index contributed by atoms with van der Waals surface area (Å²) in [5.74, 6) is 2.95. The highest BCUT2D eigenvalue weighted by Gasteiger charge is 2.52. The van der Waals surface area contributed by atoms with E-state index in [1.165, 1.54) is 30.2 Å². The molecule has 1 aromatic heterocycles. The van der Waals surface area contributed by atoms with Crippen molar-refractivity contribution in [3.05, 3.63) is 65.9 Å². The molecule has 4 aliphatic carbocycles. The summed E-state index contributed by atoms with van der Waals surface area (Å²) in [4.78, 5) is 34.8. The molecule has 0 radical (unpaired) electrons. The van der Waals surface area contributed by atoms with E-state index in [0.29, 0.717) is 19.5 Å². The van der Waals surface area contributed by atoms with Gasteiger partial charge in [0.2, 0.25) is 5.91 Å². The third kappa shape index (κ3) is 5.81. The standard InChI is InChI=1S/C34H44N4O3/c1-23(2)38(33(40)36-34-17-24-14-25(18-34)16-26(15-24)19-34)22-32(39)37(21-28-8-4-7-11-31(28)41-3)13-12-27-20-35-30-10-6-5-9-29(27)30/h4-11,20,23-26,35H,12-19,21-22H2,1-3H3,(H,36,40). The SMILES string of the molecule is COc1ccccc1CN(CCc1c[nH]c2ccccc12)C(=O)CN(C(=O)NC12CC3CC(CC(C3)C1)C2)C(C)C. The number of hydrogen-bond donors (Lipinski definition) is 2. The fraction of sp³-hybridized carbons (Fsp3) is 0.529. The van der Waals surface area contributed by atoms with Gasteiger partial charge in [0.15, 0.2) is 0 Å². The van der Waals surface area contributed by atoms with Crippen molar-refractivity contribution in [3.8, 4) is 5.75 Å². The summed E-state index contributed by atoms with van der Waals surface area (Å²) >= 11 is 0. The van der Waals surface area contributed by atoms with Crippen LogP contribution < -0.4 is 10.1 Å². The lowest BCUT2D eigenvalue weighted by atomic mass is 9.53. The summed E-state index contributed by atoms with van der Waals surface area (Å²) in [5, 5.41) is 4.66.